The Morgan fingerprint density at radius 3 is 2.50 bits per heavy atom. The number of aromatic nitrogens is 3. The summed E-state index contributed by atoms with van der Waals surface area (Å²) < 4.78 is 13.4. The maximum Gasteiger partial charge on any atom is 0.228 e. The zero-order chi connectivity index (χ0) is 20.9. The van der Waals surface area contributed by atoms with E-state index in [2.05, 4.69) is 20.3 Å². The fraction of sp³-hybridized carbons (Fsp3) is 0.0833. The first-order chi connectivity index (χ1) is 14.6. The molecule has 30 heavy (non-hydrogen) atoms. The van der Waals surface area contributed by atoms with Gasteiger partial charge in [0.1, 0.15) is 5.82 Å². The number of hydrogen-bond donors (Lipinski definition) is 1. The van der Waals surface area contributed by atoms with Crippen molar-refractivity contribution < 1.29 is 9.18 Å². The molecule has 0 saturated carbocycles. The SMILES string of the molecule is Cc1cc(CC(=O)Nc2ccc(-c3cccc(F)c3)nc2)cnc1-c1ccncc1. The molecule has 1 aromatic carbocycles. The number of pyridine rings is 3. The Labute approximate surface area is 173 Å². The average molecular weight is 398 g/mol. The van der Waals surface area contributed by atoms with E-state index in [4.69, 9.17) is 0 Å². The van der Waals surface area contributed by atoms with Crippen molar-refractivity contribution in [3.8, 4) is 22.5 Å². The van der Waals surface area contributed by atoms with E-state index >= 15 is 0 Å². The fourth-order valence-electron chi connectivity index (χ4n) is 3.22. The van der Waals surface area contributed by atoms with Crippen LogP contribution < -0.4 is 5.32 Å². The number of nitrogens with zero attached hydrogens (tertiary/aromatic N) is 3. The molecule has 0 fully saturated rings. The summed E-state index contributed by atoms with van der Waals surface area (Å²) in [5.74, 6) is -0.473. The molecule has 5 nitrogen and oxygen atoms in total. The number of aryl methyl sites for hydroxylation is 1. The first-order valence-electron chi connectivity index (χ1n) is 9.46. The van der Waals surface area contributed by atoms with Gasteiger partial charge < -0.3 is 5.32 Å². The molecule has 0 atom stereocenters. The summed E-state index contributed by atoms with van der Waals surface area (Å²) in [7, 11) is 0. The number of benzene rings is 1. The van der Waals surface area contributed by atoms with E-state index in [0.29, 0.717) is 16.9 Å². The Bertz CT molecular complexity index is 1180. The number of hydrogen-bond acceptors (Lipinski definition) is 4. The van der Waals surface area contributed by atoms with Crippen molar-refractivity contribution in [2.24, 2.45) is 0 Å². The summed E-state index contributed by atoms with van der Waals surface area (Å²) in [5, 5.41) is 2.83. The predicted octanol–water partition coefficient (Wildman–Crippen LogP) is 4.83. The van der Waals surface area contributed by atoms with Crippen molar-refractivity contribution in [3.05, 3.63) is 96.3 Å². The molecule has 6 heteroatoms. The van der Waals surface area contributed by atoms with Crippen molar-refractivity contribution in [1.29, 1.82) is 0 Å². The molecule has 0 saturated heterocycles. The average Bonchev–Trinajstić information content (AvgIpc) is 2.75. The smallest absolute Gasteiger partial charge is 0.228 e. The fourth-order valence-corrected chi connectivity index (χ4v) is 3.22. The van der Waals surface area contributed by atoms with Crippen LogP contribution in [0.4, 0.5) is 10.1 Å². The summed E-state index contributed by atoms with van der Waals surface area (Å²) in [6, 6.07) is 15.5. The summed E-state index contributed by atoms with van der Waals surface area (Å²) in [4.78, 5) is 25.3. The van der Waals surface area contributed by atoms with E-state index in [1.54, 1.807) is 49.1 Å². The van der Waals surface area contributed by atoms with Gasteiger partial charge in [0.05, 0.1) is 29.7 Å². The standard InChI is InChI=1S/C24H19FN4O/c1-16-11-17(14-28-24(16)18-7-9-26-10-8-18)12-23(30)29-21-5-6-22(27-15-21)19-3-2-4-20(25)13-19/h2-11,13-15H,12H2,1H3,(H,29,30). The summed E-state index contributed by atoms with van der Waals surface area (Å²) in [6.07, 6.45) is 6.94. The van der Waals surface area contributed by atoms with Gasteiger partial charge in [0.2, 0.25) is 5.91 Å². The minimum Gasteiger partial charge on any atom is -0.324 e. The molecule has 0 bridgehead atoms. The van der Waals surface area contributed by atoms with Crippen LogP contribution >= 0.6 is 0 Å². The first-order valence-corrected chi connectivity index (χ1v) is 9.46. The van der Waals surface area contributed by atoms with E-state index in [1.807, 2.05) is 25.1 Å². The number of anilines is 1. The van der Waals surface area contributed by atoms with Crippen molar-refractivity contribution in [2.75, 3.05) is 5.32 Å². The molecular weight excluding hydrogens is 379 g/mol. The zero-order valence-electron chi connectivity index (χ0n) is 16.3. The maximum atomic E-state index is 13.4. The zero-order valence-corrected chi connectivity index (χ0v) is 16.3. The topological polar surface area (TPSA) is 67.8 Å². The lowest BCUT2D eigenvalue weighted by molar-refractivity contribution is -0.115. The van der Waals surface area contributed by atoms with Crippen molar-refractivity contribution in [2.45, 2.75) is 13.3 Å². The number of amides is 1. The molecule has 0 spiro atoms. The second kappa shape index (κ2) is 8.61. The van der Waals surface area contributed by atoms with Crippen molar-refractivity contribution in [3.63, 3.8) is 0 Å². The first kappa shape index (κ1) is 19.4. The van der Waals surface area contributed by atoms with Gasteiger partial charge in [0.25, 0.3) is 0 Å². The van der Waals surface area contributed by atoms with E-state index in [9.17, 15) is 9.18 Å². The van der Waals surface area contributed by atoms with Gasteiger partial charge in [0.15, 0.2) is 0 Å². The predicted molar refractivity (Wildman–Crippen MR) is 114 cm³/mol. The van der Waals surface area contributed by atoms with Gasteiger partial charge in [0, 0.05) is 29.7 Å². The molecular formula is C24H19FN4O. The van der Waals surface area contributed by atoms with Crippen LogP contribution in [0.5, 0.6) is 0 Å². The minimum absolute atomic E-state index is 0.159. The molecule has 0 radical (unpaired) electrons. The highest BCUT2D eigenvalue weighted by molar-refractivity contribution is 5.92. The molecule has 148 valence electrons. The second-order valence-corrected chi connectivity index (χ2v) is 6.91. The van der Waals surface area contributed by atoms with Crippen LogP contribution in [0, 0.1) is 12.7 Å². The van der Waals surface area contributed by atoms with Gasteiger partial charge in [-0.3, -0.25) is 19.7 Å². The number of nitrogens with one attached hydrogen (secondary N) is 1. The van der Waals surface area contributed by atoms with Crippen LogP contribution in [0.15, 0.2) is 79.4 Å². The summed E-state index contributed by atoms with van der Waals surface area (Å²) >= 11 is 0. The highest BCUT2D eigenvalue weighted by atomic mass is 19.1. The number of halogens is 1. The molecule has 0 unspecified atom stereocenters. The lowest BCUT2D eigenvalue weighted by atomic mass is 10.0. The molecule has 3 aromatic heterocycles. The van der Waals surface area contributed by atoms with Gasteiger partial charge >= 0.3 is 0 Å². The summed E-state index contributed by atoms with van der Waals surface area (Å²) in [6.45, 7) is 1.97. The molecule has 4 rings (SSSR count). The van der Waals surface area contributed by atoms with Gasteiger partial charge in [-0.25, -0.2) is 4.39 Å². The largest absolute Gasteiger partial charge is 0.324 e. The molecule has 0 aliphatic rings. The van der Waals surface area contributed by atoms with Crippen LogP contribution in [0.25, 0.3) is 22.5 Å². The lowest BCUT2D eigenvalue weighted by Gasteiger charge is -2.09. The lowest BCUT2D eigenvalue weighted by Crippen LogP contribution is -2.15. The Balaban J connectivity index is 1.42. The number of carbonyl (C=O) groups excluding carboxylic acids is 1. The van der Waals surface area contributed by atoms with E-state index < -0.39 is 0 Å². The van der Waals surface area contributed by atoms with Gasteiger partial charge in [-0.15, -0.1) is 0 Å². The highest BCUT2D eigenvalue weighted by Gasteiger charge is 2.09. The van der Waals surface area contributed by atoms with Crippen LogP contribution in [-0.2, 0) is 11.2 Å². The second-order valence-electron chi connectivity index (χ2n) is 6.91. The summed E-state index contributed by atoms with van der Waals surface area (Å²) in [5.41, 5.74) is 5.59. The van der Waals surface area contributed by atoms with Gasteiger partial charge in [-0.05, 0) is 54.4 Å². The Morgan fingerprint density at radius 1 is 0.967 bits per heavy atom. The number of carbonyl (C=O) groups is 1. The van der Waals surface area contributed by atoms with Crippen molar-refractivity contribution >= 4 is 11.6 Å². The van der Waals surface area contributed by atoms with E-state index in [0.717, 1.165) is 22.4 Å². The third-order valence-electron chi connectivity index (χ3n) is 4.62. The van der Waals surface area contributed by atoms with Crippen LogP contribution in [0.2, 0.25) is 0 Å². The molecule has 4 aromatic rings. The Morgan fingerprint density at radius 2 is 1.80 bits per heavy atom. The molecule has 3 heterocycles. The Kier molecular flexibility index (Phi) is 5.57. The van der Waals surface area contributed by atoms with Crippen LogP contribution in [0.1, 0.15) is 11.1 Å². The normalized spacial score (nSPS) is 10.6. The van der Waals surface area contributed by atoms with Crippen LogP contribution in [-0.4, -0.2) is 20.9 Å². The Hall–Kier alpha value is -3.93. The van der Waals surface area contributed by atoms with E-state index in [-0.39, 0.29) is 18.1 Å². The third-order valence-corrected chi connectivity index (χ3v) is 4.62. The van der Waals surface area contributed by atoms with E-state index in [1.165, 1.54) is 12.1 Å². The molecule has 0 aliphatic heterocycles. The van der Waals surface area contributed by atoms with Crippen LogP contribution in [0.3, 0.4) is 0 Å². The quantitative estimate of drug-likeness (QED) is 0.523. The molecule has 1 amide bonds. The monoisotopic (exact) mass is 398 g/mol. The molecule has 1 N–H and O–H groups in total. The maximum absolute atomic E-state index is 13.4. The molecule has 0 aliphatic carbocycles. The third kappa shape index (κ3) is 4.55. The highest BCUT2D eigenvalue weighted by Crippen LogP contribution is 2.22. The van der Waals surface area contributed by atoms with Crippen molar-refractivity contribution in [1.82, 2.24) is 15.0 Å². The van der Waals surface area contributed by atoms with Gasteiger partial charge in [-0.2, -0.15) is 0 Å². The number of rotatable bonds is 5. The van der Waals surface area contributed by atoms with Gasteiger partial charge in [-0.1, -0.05) is 18.2 Å². The minimum atomic E-state index is -0.314.